The highest BCUT2D eigenvalue weighted by atomic mass is 35.5. The van der Waals surface area contributed by atoms with E-state index in [1.165, 1.54) is 36.7 Å². The zero-order chi connectivity index (χ0) is 12.3. The molecule has 0 atom stereocenters. The van der Waals surface area contributed by atoms with Crippen LogP contribution in [0.2, 0.25) is 5.15 Å². The molecule has 17 heavy (non-hydrogen) atoms. The topological polar surface area (TPSA) is 35.0 Å². The Balaban J connectivity index is 2.17. The van der Waals surface area contributed by atoms with Crippen molar-refractivity contribution < 1.29 is 13.5 Å². The molecular formula is C11H7ClF2N2O. The average Bonchev–Trinajstić information content (AvgIpc) is 2.33. The summed E-state index contributed by atoms with van der Waals surface area (Å²) in [5, 5.41) is 0.116. The first-order valence-electron chi connectivity index (χ1n) is 4.69. The van der Waals surface area contributed by atoms with Gasteiger partial charge in [-0.15, -0.1) is 0 Å². The zero-order valence-electron chi connectivity index (χ0n) is 8.48. The highest BCUT2D eigenvalue weighted by Crippen LogP contribution is 2.26. The van der Waals surface area contributed by atoms with E-state index >= 15 is 0 Å². The Morgan fingerprint density at radius 2 is 1.71 bits per heavy atom. The number of alkyl halides is 2. The molecule has 1 aromatic heterocycles. The molecule has 3 nitrogen and oxygen atoms in total. The standard InChI is InChI=1S/C11H7ClF2N2O/c12-9-11(16-6-5-15-9)17-8-3-1-7(2-4-8)10(13)14/h1-6,10H. The minimum atomic E-state index is -2.50. The van der Waals surface area contributed by atoms with Crippen LogP contribution >= 0.6 is 11.6 Å². The number of nitrogens with zero attached hydrogens (tertiary/aromatic N) is 2. The van der Waals surface area contributed by atoms with Gasteiger partial charge in [0.05, 0.1) is 0 Å². The summed E-state index contributed by atoms with van der Waals surface area (Å²) in [5.74, 6) is 0.510. The Bertz CT molecular complexity index is 505. The molecule has 0 saturated heterocycles. The van der Waals surface area contributed by atoms with Crippen molar-refractivity contribution in [1.82, 2.24) is 9.97 Å². The predicted molar refractivity (Wildman–Crippen MR) is 58.5 cm³/mol. The van der Waals surface area contributed by atoms with E-state index in [1.807, 2.05) is 0 Å². The van der Waals surface area contributed by atoms with E-state index in [-0.39, 0.29) is 16.6 Å². The van der Waals surface area contributed by atoms with Crippen LogP contribution in [0.1, 0.15) is 12.0 Å². The first-order chi connectivity index (χ1) is 8.16. The zero-order valence-corrected chi connectivity index (χ0v) is 9.23. The molecule has 88 valence electrons. The van der Waals surface area contributed by atoms with Crippen molar-refractivity contribution in [3.63, 3.8) is 0 Å². The lowest BCUT2D eigenvalue weighted by molar-refractivity contribution is 0.151. The molecule has 0 unspecified atom stereocenters. The second-order valence-electron chi connectivity index (χ2n) is 3.12. The number of aromatic nitrogens is 2. The SMILES string of the molecule is FC(F)c1ccc(Oc2nccnc2Cl)cc1. The third-order valence-electron chi connectivity index (χ3n) is 1.97. The predicted octanol–water partition coefficient (Wildman–Crippen LogP) is 3.86. The van der Waals surface area contributed by atoms with Crippen LogP contribution in [0.3, 0.4) is 0 Å². The number of rotatable bonds is 3. The number of hydrogen-bond donors (Lipinski definition) is 0. The van der Waals surface area contributed by atoms with Gasteiger partial charge in [0.15, 0.2) is 5.15 Å². The summed E-state index contributed by atoms with van der Waals surface area (Å²) in [4.78, 5) is 7.65. The minimum absolute atomic E-state index is 0.0670. The highest BCUT2D eigenvalue weighted by Gasteiger charge is 2.08. The second-order valence-corrected chi connectivity index (χ2v) is 3.48. The molecule has 0 bridgehead atoms. The van der Waals surface area contributed by atoms with Crippen molar-refractivity contribution >= 4 is 11.6 Å². The van der Waals surface area contributed by atoms with Gasteiger partial charge in [-0.3, -0.25) is 0 Å². The molecule has 0 saturated carbocycles. The summed E-state index contributed by atoms with van der Waals surface area (Å²) in [7, 11) is 0. The van der Waals surface area contributed by atoms with Gasteiger partial charge in [0.1, 0.15) is 5.75 Å². The summed E-state index contributed by atoms with van der Waals surface area (Å²) in [6.45, 7) is 0. The van der Waals surface area contributed by atoms with E-state index in [1.54, 1.807) is 0 Å². The van der Waals surface area contributed by atoms with Crippen LogP contribution in [0.4, 0.5) is 8.78 Å². The molecule has 0 fully saturated rings. The van der Waals surface area contributed by atoms with E-state index in [9.17, 15) is 8.78 Å². The summed E-state index contributed by atoms with van der Waals surface area (Å²) >= 11 is 5.74. The molecule has 6 heteroatoms. The molecular weight excluding hydrogens is 250 g/mol. The maximum Gasteiger partial charge on any atom is 0.263 e. The van der Waals surface area contributed by atoms with Crippen molar-refractivity contribution in [3.05, 3.63) is 47.4 Å². The van der Waals surface area contributed by atoms with E-state index in [2.05, 4.69) is 9.97 Å². The lowest BCUT2D eigenvalue weighted by Crippen LogP contribution is -1.91. The summed E-state index contributed by atoms with van der Waals surface area (Å²) in [6.07, 6.45) is 0.355. The monoisotopic (exact) mass is 256 g/mol. The third kappa shape index (κ3) is 2.88. The number of ether oxygens (including phenoxy) is 1. The fourth-order valence-electron chi connectivity index (χ4n) is 1.17. The molecule has 0 N–H and O–H groups in total. The molecule has 0 aliphatic carbocycles. The number of halogens is 3. The minimum Gasteiger partial charge on any atom is -0.436 e. The number of hydrogen-bond acceptors (Lipinski definition) is 3. The van der Waals surface area contributed by atoms with Gasteiger partial charge in [-0.2, -0.15) is 0 Å². The van der Waals surface area contributed by atoms with Gasteiger partial charge >= 0.3 is 0 Å². The van der Waals surface area contributed by atoms with Gasteiger partial charge in [-0.05, 0) is 24.3 Å². The molecule has 1 heterocycles. The molecule has 2 rings (SSSR count). The van der Waals surface area contributed by atoms with E-state index in [0.717, 1.165) is 0 Å². The summed E-state index contributed by atoms with van der Waals surface area (Å²) in [5.41, 5.74) is -0.0670. The van der Waals surface area contributed by atoms with Gasteiger partial charge < -0.3 is 4.74 Å². The largest absolute Gasteiger partial charge is 0.436 e. The molecule has 0 spiro atoms. The Morgan fingerprint density at radius 3 is 2.29 bits per heavy atom. The van der Waals surface area contributed by atoms with Crippen LogP contribution in [0.25, 0.3) is 0 Å². The third-order valence-corrected chi connectivity index (χ3v) is 2.23. The van der Waals surface area contributed by atoms with Gasteiger partial charge in [-0.25, -0.2) is 18.7 Å². The lowest BCUT2D eigenvalue weighted by Gasteiger charge is -2.06. The van der Waals surface area contributed by atoms with Crippen molar-refractivity contribution in [2.75, 3.05) is 0 Å². The summed E-state index contributed by atoms with van der Waals surface area (Å²) < 4.78 is 29.9. The fourth-order valence-corrected chi connectivity index (χ4v) is 1.31. The normalized spacial score (nSPS) is 10.6. The molecule has 0 aliphatic rings. The maximum absolute atomic E-state index is 12.3. The van der Waals surface area contributed by atoms with Gasteiger partial charge in [-0.1, -0.05) is 11.6 Å². The Labute approximate surface area is 101 Å². The van der Waals surface area contributed by atoms with Crippen LogP contribution in [-0.2, 0) is 0 Å². The number of benzene rings is 1. The van der Waals surface area contributed by atoms with Crippen LogP contribution in [0.5, 0.6) is 11.6 Å². The quantitative estimate of drug-likeness (QED) is 0.836. The van der Waals surface area contributed by atoms with Gasteiger partial charge in [0.2, 0.25) is 0 Å². The Morgan fingerprint density at radius 1 is 1.06 bits per heavy atom. The Kier molecular flexibility index (Phi) is 3.49. The molecule has 2 aromatic rings. The van der Waals surface area contributed by atoms with Gasteiger partial charge in [0, 0.05) is 18.0 Å². The molecule has 0 radical (unpaired) electrons. The highest BCUT2D eigenvalue weighted by molar-refractivity contribution is 6.30. The van der Waals surface area contributed by atoms with Crippen LogP contribution in [0.15, 0.2) is 36.7 Å². The van der Waals surface area contributed by atoms with Gasteiger partial charge in [0.25, 0.3) is 12.3 Å². The van der Waals surface area contributed by atoms with Crippen molar-refractivity contribution in [2.24, 2.45) is 0 Å². The smallest absolute Gasteiger partial charge is 0.263 e. The molecule has 0 aliphatic heterocycles. The summed E-state index contributed by atoms with van der Waals surface area (Å²) in [6, 6.07) is 5.41. The average molecular weight is 257 g/mol. The fraction of sp³-hybridized carbons (Fsp3) is 0.0909. The first kappa shape index (κ1) is 11.7. The molecule has 1 aromatic carbocycles. The van der Waals surface area contributed by atoms with E-state index in [0.29, 0.717) is 5.75 Å². The van der Waals surface area contributed by atoms with Crippen LogP contribution < -0.4 is 4.74 Å². The Hall–Kier alpha value is -1.75. The first-order valence-corrected chi connectivity index (χ1v) is 5.07. The van der Waals surface area contributed by atoms with Crippen molar-refractivity contribution in [3.8, 4) is 11.6 Å². The van der Waals surface area contributed by atoms with E-state index in [4.69, 9.17) is 16.3 Å². The second kappa shape index (κ2) is 5.05. The van der Waals surface area contributed by atoms with E-state index < -0.39 is 6.43 Å². The molecule has 0 amide bonds. The van der Waals surface area contributed by atoms with Crippen molar-refractivity contribution in [2.45, 2.75) is 6.43 Å². The van der Waals surface area contributed by atoms with Crippen LogP contribution in [0, 0.1) is 0 Å². The van der Waals surface area contributed by atoms with Crippen molar-refractivity contribution in [1.29, 1.82) is 0 Å². The van der Waals surface area contributed by atoms with Crippen LogP contribution in [-0.4, -0.2) is 9.97 Å². The maximum atomic E-state index is 12.3. The lowest BCUT2D eigenvalue weighted by atomic mass is 10.2.